The fourth-order valence-electron chi connectivity index (χ4n) is 0.639. The van der Waals surface area contributed by atoms with Crippen molar-refractivity contribution in [3.63, 3.8) is 0 Å². The average Bonchev–Trinajstić information content (AvgIpc) is 1.60. The number of carboxylic acid groups (broad SMARTS) is 1. The topological polar surface area (TPSA) is 49.8 Å². The zero-order valence-electron chi connectivity index (χ0n) is 6.71. The van der Waals surface area contributed by atoms with Crippen molar-refractivity contribution in [2.45, 2.75) is 26.3 Å². The maximum Gasteiger partial charge on any atom is 0.431 e. The van der Waals surface area contributed by atoms with Gasteiger partial charge in [0.25, 0.3) is 0 Å². The largest absolute Gasteiger partial charge is 0.463 e. The van der Waals surface area contributed by atoms with E-state index < -0.39 is 11.6 Å². The maximum absolute atomic E-state index is 10.4. The number of carbonyl (C=O) groups is 1. The van der Waals surface area contributed by atoms with Crippen LogP contribution in [0.15, 0.2) is 0 Å². The SMILES string of the molecule is CON(C(=O)O)C(C)(C)C. The van der Waals surface area contributed by atoms with Gasteiger partial charge >= 0.3 is 6.09 Å². The van der Waals surface area contributed by atoms with Crippen molar-refractivity contribution in [3.8, 4) is 0 Å². The lowest BCUT2D eigenvalue weighted by atomic mass is 10.1. The van der Waals surface area contributed by atoms with Crippen LogP contribution in [-0.2, 0) is 4.84 Å². The standard InChI is InChI=1S/C6H13NO3/c1-6(2,3)7(10-4)5(8)9/h1-4H3,(H,8,9). The second kappa shape index (κ2) is 2.88. The van der Waals surface area contributed by atoms with Crippen LogP contribution in [0, 0.1) is 0 Å². The lowest BCUT2D eigenvalue weighted by molar-refractivity contribution is -0.154. The molecule has 0 aliphatic heterocycles. The van der Waals surface area contributed by atoms with E-state index in [2.05, 4.69) is 4.84 Å². The molecule has 0 heterocycles. The van der Waals surface area contributed by atoms with Gasteiger partial charge in [-0.25, -0.2) is 4.79 Å². The van der Waals surface area contributed by atoms with Gasteiger partial charge in [-0.1, -0.05) is 0 Å². The van der Waals surface area contributed by atoms with Crippen LogP contribution in [0.2, 0.25) is 0 Å². The Kier molecular flexibility index (Phi) is 2.65. The number of amides is 1. The molecule has 0 atom stereocenters. The van der Waals surface area contributed by atoms with Gasteiger partial charge < -0.3 is 5.11 Å². The van der Waals surface area contributed by atoms with Crippen molar-refractivity contribution in [1.29, 1.82) is 0 Å². The highest BCUT2D eigenvalue weighted by Gasteiger charge is 2.25. The summed E-state index contributed by atoms with van der Waals surface area (Å²) in [7, 11) is 1.33. The van der Waals surface area contributed by atoms with Gasteiger partial charge in [0.2, 0.25) is 0 Å². The van der Waals surface area contributed by atoms with Gasteiger partial charge in [0.1, 0.15) is 0 Å². The van der Waals surface area contributed by atoms with E-state index in [-0.39, 0.29) is 0 Å². The zero-order chi connectivity index (χ0) is 8.36. The van der Waals surface area contributed by atoms with Crippen LogP contribution in [-0.4, -0.2) is 28.9 Å². The molecular weight excluding hydrogens is 134 g/mol. The van der Waals surface area contributed by atoms with Crippen molar-refractivity contribution in [2.75, 3.05) is 7.11 Å². The van der Waals surface area contributed by atoms with Crippen molar-refractivity contribution in [2.24, 2.45) is 0 Å². The third-order valence-corrected chi connectivity index (χ3v) is 0.966. The summed E-state index contributed by atoms with van der Waals surface area (Å²) in [4.78, 5) is 15.0. The van der Waals surface area contributed by atoms with E-state index in [1.807, 2.05) is 0 Å². The van der Waals surface area contributed by atoms with Crippen LogP contribution < -0.4 is 0 Å². The van der Waals surface area contributed by atoms with Gasteiger partial charge in [-0.2, -0.15) is 5.06 Å². The molecule has 0 radical (unpaired) electrons. The van der Waals surface area contributed by atoms with E-state index in [4.69, 9.17) is 5.11 Å². The highest BCUT2D eigenvalue weighted by molar-refractivity contribution is 5.64. The van der Waals surface area contributed by atoms with Crippen LogP contribution >= 0.6 is 0 Å². The molecule has 0 aromatic carbocycles. The van der Waals surface area contributed by atoms with Gasteiger partial charge in [-0.3, -0.25) is 4.84 Å². The lowest BCUT2D eigenvalue weighted by Gasteiger charge is -2.29. The minimum Gasteiger partial charge on any atom is -0.463 e. The molecule has 0 saturated carbocycles. The molecule has 0 fully saturated rings. The molecule has 0 saturated heterocycles. The number of nitrogens with zero attached hydrogens (tertiary/aromatic N) is 1. The third-order valence-electron chi connectivity index (χ3n) is 0.966. The van der Waals surface area contributed by atoms with Crippen molar-refractivity contribution in [1.82, 2.24) is 5.06 Å². The first-order valence-electron chi connectivity index (χ1n) is 2.97. The third kappa shape index (κ3) is 2.23. The van der Waals surface area contributed by atoms with Crippen LogP contribution in [0.3, 0.4) is 0 Å². The molecule has 0 spiro atoms. The Bertz CT molecular complexity index is 127. The lowest BCUT2D eigenvalue weighted by Crippen LogP contribution is -2.43. The van der Waals surface area contributed by atoms with Gasteiger partial charge in [0, 0.05) is 0 Å². The summed E-state index contributed by atoms with van der Waals surface area (Å²) in [6.45, 7) is 5.26. The van der Waals surface area contributed by atoms with E-state index in [9.17, 15) is 4.79 Å². The van der Waals surface area contributed by atoms with Crippen LogP contribution in [0.1, 0.15) is 20.8 Å². The zero-order valence-corrected chi connectivity index (χ0v) is 6.71. The molecule has 0 aliphatic carbocycles. The molecule has 0 rings (SSSR count). The fraction of sp³-hybridized carbons (Fsp3) is 0.833. The van der Waals surface area contributed by atoms with Crippen molar-refractivity contribution in [3.05, 3.63) is 0 Å². The molecule has 4 heteroatoms. The molecule has 60 valence electrons. The summed E-state index contributed by atoms with van der Waals surface area (Å²) in [6, 6.07) is 0. The second-order valence-corrected chi connectivity index (χ2v) is 2.93. The number of hydrogen-bond acceptors (Lipinski definition) is 2. The molecular formula is C6H13NO3. The quantitative estimate of drug-likeness (QED) is 0.569. The van der Waals surface area contributed by atoms with Crippen LogP contribution in [0.25, 0.3) is 0 Å². The van der Waals surface area contributed by atoms with E-state index in [0.29, 0.717) is 0 Å². The van der Waals surface area contributed by atoms with E-state index >= 15 is 0 Å². The van der Waals surface area contributed by atoms with Crippen LogP contribution in [0.5, 0.6) is 0 Å². The van der Waals surface area contributed by atoms with E-state index in [1.165, 1.54) is 7.11 Å². The summed E-state index contributed by atoms with van der Waals surface area (Å²) < 4.78 is 0. The molecule has 0 aliphatic rings. The van der Waals surface area contributed by atoms with E-state index in [0.717, 1.165) is 5.06 Å². The predicted molar refractivity (Wildman–Crippen MR) is 36.6 cm³/mol. The van der Waals surface area contributed by atoms with Gasteiger partial charge in [0.15, 0.2) is 0 Å². The number of hydroxylamine groups is 2. The number of rotatable bonds is 1. The Morgan fingerprint density at radius 2 is 1.90 bits per heavy atom. The summed E-state index contributed by atoms with van der Waals surface area (Å²) in [5, 5.41) is 9.41. The van der Waals surface area contributed by atoms with Gasteiger partial charge in [0.05, 0.1) is 12.6 Å². The molecule has 1 amide bonds. The monoisotopic (exact) mass is 147 g/mol. The Balaban J connectivity index is 4.22. The molecule has 0 unspecified atom stereocenters. The molecule has 0 bridgehead atoms. The van der Waals surface area contributed by atoms with Crippen LogP contribution in [0.4, 0.5) is 4.79 Å². The number of hydrogen-bond donors (Lipinski definition) is 1. The minimum absolute atomic E-state index is 0.499. The molecule has 4 nitrogen and oxygen atoms in total. The highest BCUT2D eigenvalue weighted by Crippen LogP contribution is 2.12. The van der Waals surface area contributed by atoms with Gasteiger partial charge in [-0.15, -0.1) is 0 Å². The first-order valence-corrected chi connectivity index (χ1v) is 2.97. The summed E-state index contributed by atoms with van der Waals surface area (Å²) in [6.07, 6.45) is -1.07. The second-order valence-electron chi connectivity index (χ2n) is 2.93. The summed E-state index contributed by atoms with van der Waals surface area (Å²) in [5.74, 6) is 0. The molecule has 0 aromatic heterocycles. The molecule has 1 N–H and O–H groups in total. The Hall–Kier alpha value is -0.770. The minimum atomic E-state index is -1.07. The highest BCUT2D eigenvalue weighted by atomic mass is 16.7. The molecule has 10 heavy (non-hydrogen) atoms. The molecule has 0 aromatic rings. The predicted octanol–water partition coefficient (Wildman–Crippen LogP) is 1.33. The van der Waals surface area contributed by atoms with Crippen molar-refractivity contribution >= 4 is 6.09 Å². The summed E-state index contributed by atoms with van der Waals surface area (Å²) >= 11 is 0. The summed E-state index contributed by atoms with van der Waals surface area (Å²) in [5.41, 5.74) is -0.499. The maximum atomic E-state index is 10.4. The van der Waals surface area contributed by atoms with Gasteiger partial charge in [-0.05, 0) is 20.8 Å². The first kappa shape index (κ1) is 9.23. The normalized spacial score (nSPS) is 11.2. The first-order chi connectivity index (χ1) is 4.39. The average molecular weight is 147 g/mol. The smallest absolute Gasteiger partial charge is 0.431 e. The Labute approximate surface area is 60.3 Å². The Morgan fingerprint density at radius 1 is 1.50 bits per heavy atom. The Morgan fingerprint density at radius 3 is 1.90 bits per heavy atom. The van der Waals surface area contributed by atoms with Crippen molar-refractivity contribution < 1.29 is 14.7 Å². The van der Waals surface area contributed by atoms with E-state index in [1.54, 1.807) is 20.8 Å². The fourth-order valence-corrected chi connectivity index (χ4v) is 0.639.